The predicted molar refractivity (Wildman–Crippen MR) is 89.8 cm³/mol. The lowest BCUT2D eigenvalue weighted by Crippen LogP contribution is -2.42. The van der Waals surface area contributed by atoms with Crippen LogP contribution in [0.1, 0.15) is 27.8 Å². The van der Waals surface area contributed by atoms with Gasteiger partial charge in [0.25, 0.3) is 5.91 Å². The van der Waals surface area contributed by atoms with E-state index in [1.807, 2.05) is 43.3 Å². The topological polar surface area (TPSA) is 55.6 Å². The number of carbonyl (C=O) groups excluding carboxylic acids is 1. The quantitative estimate of drug-likeness (QED) is 0.726. The molecule has 1 aliphatic rings. The maximum absolute atomic E-state index is 12.9. The van der Waals surface area contributed by atoms with E-state index in [9.17, 15) is 4.79 Å². The highest BCUT2D eigenvalue weighted by molar-refractivity contribution is 5.99. The normalized spacial score (nSPS) is 18.0. The zero-order valence-corrected chi connectivity index (χ0v) is 13.4. The summed E-state index contributed by atoms with van der Waals surface area (Å²) in [6.07, 6.45) is 3.35. The second-order valence-corrected chi connectivity index (χ2v) is 5.94. The molecule has 1 aliphatic heterocycles. The van der Waals surface area contributed by atoms with Crippen LogP contribution in [-0.4, -0.2) is 35.5 Å². The molecule has 1 atom stereocenters. The summed E-state index contributed by atoms with van der Waals surface area (Å²) in [6.45, 7) is 3.52. The van der Waals surface area contributed by atoms with Gasteiger partial charge < -0.3 is 14.1 Å². The zero-order chi connectivity index (χ0) is 16.5. The molecule has 122 valence electrons. The van der Waals surface area contributed by atoms with E-state index in [1.54, 1.807) is 17.3 Å². The van der Waals surface area contributed by atoms with E-state index in [0.717, 1.165) is 22.1 Å². The van der Waals surface area contributed by atoms with Crippen LogP contribution < -0.4 is 0 Å². The molecule has 4 rings (SSSR count). The van der Waals surface area contributed by atoms with Gasteiger partial charge in [0.2, 0.25) is 0 Å². The van der Waals surface area contributed by atoms with Crippen molar-refractivity contribution in [2.45, 2.75) is 13.0 Å². The van der Waals surface area contributed by atoms with Crippen LogP contribution in [0.2, 0.25) is 0 Å². The number of benzene rings is 1. The summed E-state index contributed by atoms with van der Waals surface area (Å²) in [4.78, 5) is 18.8. The molecule has 5 nitrogen and oxygen atoms in total. The van der Waals surface area contributed by atoms with Crippen molar-refractivity contribution in [3.8, 4) is 0 Å². The van der Waals surface area contributed by atoms with Gasteiger partial charge >= 0.3 is 0 Å². The number of pyridine rings is 1. The van der Waals surface area contributed by atoms with Gasteiger partial charge in [0.1, 0.15) is 11.7 Å². The van der Waals surface area contributed by atoms with Crippen LogP contribution in [0.15, 0.2) is 53.2 Å². The van der Waals surface area contributed by atoms with Crippen LogP contribution in [0.3, 0.4) is 0 Å². The minimum absolute atomic E-state index is 0.0777. The van der Waals surface area contributed by atoms with E-state index in [0.29, 0.717) is 25.5 Å². The first-order valence-corrected chi connectivity index (χ1v) is 8.03. The minimum atomic E-state index is -0.129. The number of rotatable bonds is 2. The highest BCUT2D eigenvalue weighted by Crippen LogP contribution is 2.28. The fourth-order valence-electron chi connectivity index (χ4n) is 3.14. The molecular formula is C19H18N2O3. The third kappa shape index (κ3) is 2.57. The number of nitrogens with zero attached hydrogens (tertiary/aromatic N) is 2. The molecule has 2 aromatic heterocycles. The van der Waals surface area contributed by atoms with Crippen molar-refractivity contribution >= 4 is 16.9 Å². The van der Waals surface area contributed by atoms with E-state index in [-0.39, 0.29) is 12.0 Å². The van der Waals surface area contributed by atoms with Gasteiger partial charge in [0, 0.05) is 29.9 Å². The summed E-state index contributed by atoms with van der Waals surface area (Å²) in [6, 6.07) is 11.6. The standard InChI is InChI=1S/C19H18N2O3/c1-13-15-4-2-3-5-16(15)24-18(13)19(22)21-10-11-23-17(12-21)14-6-8-20-9-7-14/h2-9,17H,10-12H2,1H3. The smallest absolute Gasteiger partial charge is 0.290 e. The Hall–Kier alpha value is -2.66. The molecule has 0 spiro atoms. The maximum Gasteiger partial charge on any atom is 0.290 e. The van der Waals surface area contributed by atoms with Crippen LogP contribution in [0.4, 0.5) is 0 Å². The first-order valence-electron chi connectivity index (χ1n) is 8.03. The lowest BCUT2D eigenvalue weighted by molar-refractivity contribution is -0.0237. The Balaban J connectivity index is 1.60. The summed E-state index contributed by atoms with van der Waals surface area (Å²) >= 11 is 0. The van der Waals surface area contributed by atoms with E-state index < -0.39 is 0 Å². The van der Waals surface area contributed by atoms with E-state index in [2.05, 4.69) is 4.98 Å². The number of morpholine rings is 1. The number of furan rings is 1. The summed E-state index contributed by atoms with van der Waals surface area (Å²) in [5.41, 5.74) is 2.67. The van der Waals surface area contributed by atoms with E-state index >= 15 is 0 Å². The van der Waals surface area contributed by atoms with Gasteiger partial charge in [-0.05, 0) is 30.7 Å². The maximum atomic E-state index is 12.9. The highest BCUT2D eigenvalue weighted by atomic mass is 16.5. The SMILES string of the molecule is Cc1c(C(=O)N2CCOC(c3ccncc3)C2)oc2ccccc12. The molecule has 0 saturated carbocycles. The number of ether oxygens (including phenoxy) is 1. The van der Waals surface area contributed by atoms with Crippen LogP contribution in [0.25, 0.3) is 11.0 Å². The van der Waals surface area contributed by atoms with Crippen LogP contribution in [0, 0.1) is 6.92 Å². The molecule has 3 aromatic rings. The molecular weight excluding hydrogens is 304 g/mol. The Morgan fingerprint density at radius 2 is 2.00 bits per heavy atom. The minimum Gasteiger partial charge on any atom is -0.451 e. The number of hydrogen-bond acceptors (Lipinski definition) is 4. The third-order valence-corrected chi connectivity index (χ3v) is 4.47. The summed E-state index contributed by atoms with van der Waals surface area (Å²) < 4.78 is 11.6. The number of hydrogen-bond donors (Lipinski definition) is 0. The van der Waals surface area contributed by atoms with Crippen molar-refractivity contribution in [3.63, 3.8) is 0 Å². The molecule has 3 heterocycles. The van der Waals surface area contributed by atoms with Crippen molar-refractivity contribution in [2.24, 2.45) is 0 Å². The number of aryl methyl sites for hydroxylation is 1. The van der Waals surface area contributed by atoms with Crippen molar-refractivity contribution in [3.05, 3.63) is 65.7 Å². The van der Waals surface area contributed by atoms with Crippen LogP contribution in [-0.2, 0) is 4.74 Å². The molecule has 0 radical (unpaired) electrons. The predicted octanol–water partition coefficient (Wildman–Crippen LogP) is 3.35. The van der Waals surface area contributed by atoms with Crippen molar-refractivity contribution in [2.75, 3.05) is 19.7 Å². The van der Waals surface area contributed by atoms with Gasteiger partial charge in [-0.25, -0.2) is 0 Å². The monoisotopic (exact) mass is 322 g/mol. The number of amides is 1. The molecule has 24 heavy (non-hydrogen) atoms. The number of aromatic nitrogens is 1. The van der Waals surface area contributed by atoms with Gasteiger partial charge in [-0.1, -0.05) is 18.2 Å². The van der Waals surface area contributed by atoms with E-state index in [4.69, 9.17) is 9.15 Å². The molecule has 1 unspecified atom stereocenters. The second kappa shape index (κ2) is 6.09. The summed E-state index contributed by atoms with van der Waals surface area (Å²) in [5.74, 6) is 0.345. The molecule has 0 N–H and O–H groups in total. The Labute approximate surface area is 139 Å². The van der Waals surface area contributed by atoms with Gasteiger partial charge in [-0.2, -0.15) is 0 Å². The van der Waals surface area contributed by atoms with Crippen molar-refractivity contribution < 1.29 is 13.9 Å². The molecule has 5 heteroatoms. The fourth-order valence-corrected chi connectivity index (χ4v) is 3.14. The van der Waals surface area contributed by atoms with E-state index in [1.165, 1.54) is 0 Å². The third-order valence-electron chi connectivity index (χ3n) is 4.47. The number of fused-ring (bicyclic) bond motifs is 1. The van der Waals surface area contributed by atoms with Crippen molar-refractivity contribution in [1.29, 1.82) is 0 Å². The summed E-state index contributed by atoms with van der Waals surface area (Å²) in [5, 5.41) is 0.986. The molecule has 1 aromatic carbocycles. The fraction of sp³-hybridized carbons (Fsp3) is 0.263. The number of para-hydroxylation sites is 1. The first kappa shape index (κ1) is 14.9. The zero-order valence-electron chi connectivity index (χ0n) is 13.4. The highest BCUT2D eigenvalue weighted by Gasteiger charge is 2.29. The average molecular weight is 322 g/mol. The number of carbonyl (C=O) groups is 1. The van der Waals surface area contributed by atoms with Crippen molar-refractivity contribution in [1.82, 2.24) is 9.88 Å². The molecule has 1 fully saturated rings. The molecule has 1 saturated heterocycles. The van der Waals surface area contributed by atoms with Gasteiger partial charge in [-0.15, -0.1) is 0 Å². The van der Waals surface area contributed by atoms with Crippen LogP contribution in [0.5, 0.6) is 0 Å². The van der Waals surface area contributed by atoms with Crippen LogP contribution >= 0.6 is 0 Å². The lowest BCUT2D eigenvalue weighted by atomic mass is 10.1. The Bertz CT molecular complexity index is 873. The second-order valence-electron chi connectivity index (χ2n) is 5.94. The van der Waals surface area contributed by atoms with Gasteiger partial charge in [-0.3, -0.25) is 9.78 Å². The average Bonchev–Trinajstić information content (AvgIpc) is 2.99. The molecule has 0 aliphatic carbocycles. The largest absolute Gasteiger partial charge is 0.451 e. The summed E-state index contributed by atoms with van der Waals surface area (Å²) in [7, 11) is 0. The Morgan fingerprint density at radius 1 is 1.21 bits per heavy atom. The molecule has 1 amide bonds. The Kier molecular flexibility index (Phi) is 3.78. The van der Waals surface area contributed by atoms with Gasteiger partial charge in [0.05, 0.1) is 13.2 Å². The first-order chi connectivity index (χ1) is 11.7. The Morgan fingerprint density at radius 3 is 2.79 bits per heavy atom. The molecule has 0 bridgehead atoms. The van der Waals surface area contributed by atoms with Gasteiger partial charge in [0.15, 0.2) is 5.76 Å². The lowest BCUT2D eigenvalue weighted by Gasteiger charge is -2.32.